The van der Waals surface area contributed by atoms with E-state index >= 15 is 0 Å². The van der Waals surface area contributed by atoms with Crippen LogP contribution in [0.2, 0.25) is 5.15 Å². The Bertz CT molecular complexity index is 1640. The summed E-state index contributed by atoms with van der Waals surface area (Å²) < 4.78 is 0. The molecule has 2 aromatic carbocycles. The molecule has 2 saturated heterocycles. The third-order valence-corrected chi connectivity index (χ3v) is 9.19. The molecule has 0 aliphatic carbocycles. The normalized spacial score (nSPS) is 18.5. The van der Waals surface area contributed by atoms with Crippen molar-refractivity contribution in [3.8, 4) is 33.6 Å². The van der Waals surface area contributed by atoms with Gasteiger partial charge in [0.1, 0.15) is 11.6 Å². The van der Waals surface area contributed by atoms with E-state index in [1.54, 1.807) is 0 Å². The molecule has 2 fully saturated rings. The highest BCUT2D eigenvalue weighted by Gasteiger charge is 2.33. The van der Waals surface area contributed by atoms with Gasteiger partial charge in [0.2, 0.25) is 11.8 Å². The van der Waals surface area contributed by atoms with Crippen LogP contribution >= 0.6 is 11.6 Å². The number of carbonyl (C=O) groups excluding carboxylic acids is 2. The molecule has 0 spiro atoms. The highest BCUT2D eigenvalue weighted by atomic mass is 35.5. The standard InChI is InChI=1S/C36H43ClN6O2/c1-22(2)19-31(44)42-17-5-7-29(42)35-38-21-28(39-35)26-13-9-24(10-14-26)25-11-15-27(16-12-25)33-34(37)41-36(40-33)30-8-6-18-43(30)32(45)20-23(3)4/h9-16,21-23,29-30H,5-8,17-20H2,1-4H3,(H,38,39)(H,40,41)/t29-,30-/m0/s1. The van der Waals surface area contributed by atoms with Gasteiger partial charge in [0.25, 0.3) is 0 Å². The maximum Gasteiger partial charge on any atom is 0.223 e. The van der Waals surface area contributed by atoms with Gasteiger partial charge >= 0.3 is 0 Å². The number of likely N-dealkylation sites (tertiary alicyclic amines) is 2. The summed E-state index contributed by atoms with van der Waals surface area (Å²) >= 11 is 6.62. The molecule has 8 nitrogen and oxygen atoms in total. The summed E-state index contributed by atoms with van der Waals surface area (Å²) in [4.78, 5) is 45.8. The van der Waals surface area contributed by atoms with Gasteiger partial charge in [0.05, 0.1) is 29.7 Å². The van der Waals surface area contributed by atoms with E-state index in [2.05, 4.69) is 96.2 Å². The Kier molecular flexibility index (Phi) is 9.13. The predicted molar refractivity (Wildman–Crippen MR) is 178 cm³/mol. The van der Waals surface area contributed by atoms with E-state index in [9.17, 15) is 9.59 Å². The lowest BCUT2D eigenvalue weighted by atomic mass is 10.0. The number of nitrogens with zero attached hydrogens (tertiary/aromatic N) is 4. The number of imidazole rings is 2. The first-order valence-electron chi connectivity index (χ1n) is 16.3. The number of H-pyrrole nitrogens is 2. The smallest absolute Gasteiger partial charge is 0.223 e. The van der Waals surface area contributed by atoms with Crippen molar-refractivity contribution in [2.75, 3.05) is 13.1 Å². The highest BCUT2D eigenvalue weighted by molar-refractivity contribution is 6.31. The van der Waals surface area contributed by atoms with Gasteiger partial charge in [0, 0.05) is 31.5 Å². The zero-order chi connectivity index (χ0) is 31.7. The summed E-state index contributed by atoms with van der Waals surface area (Å²) in [5.74, 6) is 2.68. The molecule has 6 rings (SSSR count). The van der Waals surface area contributed by atoms with Crippen molar-refractivity contribution >= 4 is 23.4 Å². The molecule has 4 heterocycles. The maximum atomic E-state index is 12.8. The summed E-state index contributed by atoms with van der Waals surface area (Å²) in [6.45, 7) is 9.87. The van der Waals surface area contributed by atoms with Crippen molar-refractivity contribution in [1.82, 2.24) is 29.7 Å². The minimum atomic E-state index is -0.0595. The van der Waals surface area contributed by atoms with Crippen LogP contribution in [-0.2, 0) is 9.59 Å². The Hall–Kier alpha value is -3.91. The van der Waals surface area contributed by atoms with E-state index in [-0.39, 0.29) is 23.9 Å². The van der Waals surface area contributed by atoms with Crippen molar-refractivity contribution in [3.63, 3.8) is 0 Å². The lowest BCUT2D eigenvalue weighted by molar-refractivity contribution is -0.133. The lowest BCUT2D eigenvalue weighted by Crippen LogP contribution is -2.31. The first kappa shape index (κ1) is 31.1. The van der Waals surface area contributed by atoms with Crippen molar-refractivity contribution in [1.29, 1.82) is 0 Å². The number of carbonyl (C=O) groups is 2. The Balaban J connectivity index is 1.14. The largest absolute Gasteiger partial charge is 0.340 e. The molecular weight excluding hydrogens is 584 g/mol. The predicted octanol–water partition coefficient (Wildman–Crippen LogP) is 8.21. The van der Waals surface area contributed by atoms with Crippen LogP contribution < -0.4 is 0 Å². The molecule has 0 saturated carbocycles. The van der Waals surface area contributed by atoms with Crippen LogP contribution in [0.5, 0.6) is 0 Å². The zero-order valence-electron chi connectivity index (χ0n) is 26.6. The van der Waals surface area contributed by atoms with Gasteiger partial charge in [-0.15, -0.1) is 0 Å². The summed E-state index contributed by atoms with van der Waals surface area (Å²) in [6, 6.07) is 16.7. The summed E-state index contributed by atoms with van der Waals surface area (Å²) in [7, 11) is 0. The van der Waals surface area contributed by atoms with Crippen molar-refractivity contribution in [3.05, 3.63) is 71.5 Å². The number of aromatic amines is 2. The molecule has 2 aliphatic heterocycles. The zero-order valence-corrected chi connectivity index (χ0v) is 27.4. The first-order valence-corrected chi connectivity index (χ1v) is 16.7. The van der Waals surface area contributed by atoms with Gasteiger partial charge in [-0.2, -0.15) is 0 Å². The minimum absolute atomic E-state index is 0.0201. The number of nitrogens with one attached hydrogen (secondary N) is 2. The third kappa shape index (κ3) is 6.71. The van der Waals surface area contributed by atoms with Crippen LogP contribution in [0.1, 0.15) is 90.0 Å². The van der Waals surface area contributed by atoms with Crippen molar-refractivity contribution < 1.29 is 9.59 Å². The Morgan fingerprint density at radius 3 is 1.78 bits per heavy atom. The molecule has 2 amide bonds. The fourth-order valence-electron chi connectivity index (χ4n) is 6.67. The van der Waals surface area contributed by atoms with Gasteiger partial charge in [-0.3, -0.25) is 9.59 Å². The SMILES string of the molecule is CC(C)CC(=O)N1CCC[C@H]1c1ncc(-c2ccc(-c3ccc(-c4[nH]c([C@@H]5CCCN5C(=O)CC(C)C)nc4Cl)cc3)cc2)[nH]1. The number of amides is 2. The molecular formula is C36H43ClN6O2. The Morgan fingerprint density at radius 1 is 0.756 bits per heavy atom. The number of halogens is 1. The first-order chi connectivity index (χ1) is 21.7. The number of hydrogen-bond donors (Lipinski definition) is 2. The maximum absolute atomic E-state index is 12.8. The average molecular weight is 627 g/mol. The Labute approximate surface area is 270 Å². The topological polar surface area (TPSA) is 98.0 Å². The van der Waals surface area contributed by atoms with Crippen LogP contribution in [0, 0.1) is 11.8 Å². The number of aromatic nitrogens is 4. The van der Waals surface area contributed by atoms with Gasteiger partial charge in [-0.05, 0) is 54.2 Å². The van der Waals surface area contributed by atoms with Crippen molar-refractivity contribution in [2.24, 2.45) is 11.8 Å². The van der Waals surface area contributed by atoms with Crippen LogP contribution in [0.4, 0.5) is 0 Å². The summed E-state index contributed by atoms with van der Waals surface area (Å²) in [5.41, 5.74) is 5.93. The summed E-state index contributed by atoms with van der Waals surface area (Å²) in [5, 5.41) is 0.425. The number of hydrogen-bond acceptors (Lipinski definition) is 4. The van der Waals surface area contributed by atoms with Crippen molar-refractivity contribution in [2.45, 2.75) is 78.3 Å². The second-order valence-electron chi connectivity index (χ2n) is 13.3. The van der Waals surface area contributed by atoms with Crippen LogP contribution in [0.3, 0.4) is 0 Å². The van der Waals surface area contributed by atoms with Gasteiger partial charge in [-0.1, -0.05) is 87.8 Å². The number of rotatable bonds is 9. The molecule has 236 valence electrons. The van der Waals surface area contributed by atoms with Crippen LogP contribution in [-0.4, -0.2) is 54.6 Å². The quantitative estimate of drug-likeness (QED) is 0.196. The summed E-state index contributed by atoms with van der Waals surface area (Å²) in [6.07, 6.45) is 6.79. The van der Waals surface area contributed by atoms with Crippen LogP contribution in [0.25, 0.3) is 33.6 Å². The highest BCUT2D eigenvalue weighted by Crippen LogP contribution is 2.36. The fourth-order valence-corrected chi connectivity index (χ4v) is 6.92. The number of benzene rings is 2. The van der Waals surface area contributed by atoms with E-state index in [1.807, 2.05) is 16.0 Å². The molecule has 0 radical (unpaired) electrons. The molecule has 2 aliphatic rings. The molecule has 2 atom stereocenters. The monoisotopic (exact) mass is 626 g/mol. The lowest BCUT2D eigenvalue weighted by Gasteiger charge is -2.24. The van der Waals surface area contributed by atoms with Crippen LogP contribution in [0.15, 0.2) is 54.7 Å². The molecule has 0 bridgehead atoms. The average Bonchev–Trinajstić information content (AvgIpc) is 3.82. The molecule has 2 aromatic heterocycles. The van der Waals surface area contributed by atoms with E-state index in [1.165, 1.54) is 0 Å². The Morgan fingerprint density at radius 2 is 1.24 bits per heavy atom. The molecule has 4 aromatic rings. The van der Waals surface area contributed by atoms with Gasteiger partial charge in [0.15, 0.2) is 5.15 Å². The third-order valence-electron chi connectivity index (χ3n) is 8.92. The second kappa shape index (κ2) is 13.2. The minimum Gasteiger partial charge on any atom is -0.340 e. The molecule has 0 unspecified atom stereocenters. The van der Waals surface area contributed by atoms with Gasteiger partial charge in [-0.25, -0.2) is 9.97 Å². The molecule has 45 heavy (non-hydrogen) atoms. The molecule has 2 N–H and O–H groups in total. The van der Waals surface area contributed by atoms with Gasteiger partial charge < -0.3 is 19.8 Å². The molecule has 9 heteroatoms. The fraction of sp³-hybridized carbons (Fsp3) is 0.444. The van der Waals surface area contributed by atoms with E-state index < -0.39 is 0 Å². The second-order valence-corrected chi connectivity index (χ2v) is 13.7. The van der Waals surface area contributed by atoms with E-state index in [0.29, 0.717) is 29.8 Å². The van der Waals surface area contributed by atoms with E-state index in [4.69, 9.17) is 11.6 Å². The van der Waals surface area contributed by atoms with E-state index in [0.717, 1.165) is 84.1 Å².